The van der Waals surface area contributed by atoms with Crippen molar-refractivity contribution in [2.45, 2.75) is 36.0 Å². The Balaban J connectivity index is 2.01. The lowest BCUT2D eigenvalue weighted by molar-refractivity contribution is -0.140. The number of alkyl halides is 5. The number of hydrogen-bond donors (Lipinski definition) is 2. The summed E-state index contributed by atoms with van der Waals surface area (Å²) in [6, 6.07) is 1.97. The largest absolute Gasteiger partial charge is 0.421 e. The highest BCUT2D eigenvalue weighted by molar-refractivity contribution is 7.97. The van der Waals surface area contributed by atoms with E-state index in [0.717, 1.165) is 16.8 Å². The number of hydrogen-bond acceptors (Lipinski definition) is 5. The van der Waals surface area contributed by atoms with E-state index >= 15 is 0 Å². The highest BCUT2D eigenvalue weighted by Gasteiger charge is 2.47. The Hall–Kier alpha value is -2.54. The average Bonchev–Trinajstić information content (AvgIpc) is 2.68. The third-order valence-corrected chi connectivity index (χ3v) is 5.14. The molecule has 1 atom stereocenters. The summed E-state index contributed by atoms with van der Waals surface area (Å²) >= 11 is 0.755. The van der Waals surface area contributed by atoms with Gasteiger partial charge in [-0.15, -0.1) is 0 Å². The SMILES string of the molecule is NSc1cc(NC(=O)C2CC(F)(F)CCN2c2ccc(F)c(F)c2C(F)(F)F)ccn1. The van der Waals surface area contributed by atoms with Gasteiger partial charge in [0.15, 0.2) is 11.6 Å². The molecule has 0 radical (unpaired) electrons. The van der Waals surface area contributed by atoms with E-state index < -0.39 is 66.3 Å². The molecule has 1 aliphatic heterocycles. The first-order chi connectivity index (χ1) is 14.4. The summed E-state index contributed by atoms with van der Waals surface area (Å²) < 4.78 is 96.0. The Morgan fingerprint density at radius 2 is 1.97 bits per heavy atom. The smallest absolute Gasteiger partial charge is 0.359 e. The fourth-order valence-electron chi connectivity index (χ4n) is 3.28. The first-order valence-electron chi connectivity index (χ1n) is 8.76. The van der Waals surface area contributed by atoms with Crippen LogP contribution in [0.1, 0.15) is 18.4 Å². The van der Waals surface area contributed by atoms with E-state index in [2.05, 4.69) is 10.3 Å². The number of carbonyl (C=O) groups excluding carboxylic acids is 1. The van der Waals surface area contributed by atoms with Crippen LogP contribution in [0.3, 0.4) is 0 Å². The molecule has 0 bridgehead atoms. The number of nitrogens with two attached hydrogens (primary N) is 1. The maximum atomic E-state index is 14.0. The zero-order valence-electron chi connectivity index (χ0n) is 15.5. The molecule has 1 aromatic heterocycles. The van der Waals surface area contributed by atoms with E-state index in [9.17, 15) is 35.5 Å². The van der Waals surface area contributed by atoms with Crippen LogP contribution in [0.25, 0.3) is 0 Å². The molecule has 3 N–H and O–H groups in total. The molecule has 0 spiro atoms. The van der Waals surface area contributed by atoms with Crippen LogP contribution in [0.4, 0.5) is 42.1 Å². The number of carbonyl (C=O) groups is 1. The second-order valence-corrected chi connectivity index (χ2v) is 7.42. The number of nitrogens with zero attached hydrogens (tertiary/aromatic N) is 2. The van der Waals surface area contributed by atoms with E-state index in [0.29, 0.717) is 17.2 Å². The molecule has 1 saturated heterocycles. The highest BCUT2D eigenvalue weighted by atomic mass is 32.2. The van der Waals surface area contributed by atoms with Crippen LogP contribution in [-0.2, 0) is 11.0 Å². The van der Waals surface area contributed by atoms with Crippen molar-refractivity contribution >= 4 is 29.2 Å². The van der Waals surface area contributed by atoms with Gasteiger partial charge in [0.1, 0.15) is 16.6 Å². The third kappa shape index (κ3) is 5.03. The van der Waals surface area contributed by atoms with Crippen LogP contribution in [0, 0.1) is 11.6 Å². The summed E-state index contributed by atoms with van der Waals surface area (Å²) in [5, 5.41) is 8.00. The second kappa shape index (κ2) is 8.54. The minimum absolute atomic E-state index is 0.128. The molecular formula is C18H15F7N4OS. The van der Waals surface area contributed by atoms with Crippen molar-refractivity contribution in [2.75, 3.05) is 16.8 Å². The minimum Gasteiger partial charge on any atom is -0.359 e. The van der Waals surface area contributed by atoms with Gasteiger partial charge in [0.2, 0.25) is 5.91 Å². The maximum absolute atomic E-state index is 14.0. The van der Waals surface area contributed by atoms with Crippen molar-refractivity contribution in [3.8, 4) is 0 Å². The Kier molecular flexibility index (Phi) is 6.37. The number of piperidine rings is 1. The van der Waals surface area contributed by atoms with Crippen LogP contribution < -0.4 is 15.4 Å². The quantitative estimate of drug-likeness (QED) is 0.508. The standard InChI is InChI=1S/C18H15F7N4OS/c19-10-1-2-11(14(15(10)20)18(23,24)25)29-6-4-17(21,22)8-12(29)16(30)28-9-3-5-27-13(7-9)31-26/h1-3,5,7,12H,4,6,8,26H2,(H,27,28,30). The molecule has 1 unspecified atom stereocenters. The van der Waals surface area contributed by atoms with Gasteiger partial charge < -0.3 is 10.2 Å². The number of halogens is 7. The van der Waals surface area contributed by atoms with Crippen molar-refractivity contribution in [3.05, 3.63) is 47.7 Å². The molecule has 0 saturated carbocycles. The van der Waals surface area contributed by atoms with Gasteiger partial charge >= 0.3 is 6.18 Å². The summed E-state index contributed by atoms with van der Waals surface area (Å²) in [6.07, 6.45) is -6.01. The number of aromatic nitrogens is 1. The second-order valence-electron chi connectivity index (χ2n) is 6.76. The van der Waals surface area contributed by atoms with E-state index in [4.69, 9.17) is 5.14 Å². The zero-order chi connectivity index (χ0) is 23.0. The molecule has 13 heteroatoms. The van der Waals surface area contributed by atoms with Crippen LogP contribution in [0.2, 0.25) is 0 Å². The molecule has 0 aliphatic carbocycles. The fraction of sp³-hybridized carbons (Fsp3) is 0.333. The summed E-state index contributed by atoms with van der Waals surface area (Å²) in [5.74, 6) is -8.30. The molecule has 2 heterocycles. The fourth-order valence-corrected chi connectivity index (χ4v) is 3.60. The highest BCUT2D eigenvalue weighted by Crippen LogP contribution is 2.43. The Labute approximate surface area is 175 Å². The molecule has 1 aliphatic rings. The van der Waals surface area contributed by atoms with Gasteiger partial charge in [-0.05, 0) is 36.2 Å². The van der Waals surface area contributed by atoms with Crippen LogP contribution >= 0.6 is 11.9 Å². The Morgan fingerprint density at radius 1 is 1.26 bits per heavy atom. The van der Waals surface area contributed by atoms with Crippen molar-refractivity contribution in [2.24, 2.45) is 5.14 Å². The van der Waals surface area contributed by atoms with E-state index in [1.807, 2.05) is 0 Å². The molecule has 3 rings (SSSR count). The van der Waals surface area contributed by atoms with Gasteiger partial charge in [-0.3, -0.25) is 9.93 Å². The van der Waals surface area contributed by atoms with Crippen molar-refractivity contribution in [1.82, 2.24) is 4.98 Å². The molecule has 168 valence electrons. The van der Waals surface area contributed by atoms with E-state index in [1.54, 1.807) is 0 Å². The summed E-state index contributed by atoms with van der Waals surface area (Å²) in [7, 11) is 0. The van der Waals surface area contributed by atoms with Gasteiger partial charge in [-0.25, -0.2) is 22.5 Å². The summed E-state index contributed by atoms with van der Waals surface area (Å²) in [4.78, 5) is 17.4. The van der Waals surface area contributed by atoms with Crippen LogP contribution in [0.5, 0.6) is 0 Å². The lowest BCUT2D eigenvalue weighted by Crippen LogP contribution is -2.53. The monoisotopic (exact) mass is 468 g/mol. The summed E-state index contributed by atoms with van der Waals surface area (Å²) in [5.41, 5.74) is -2.72. The van der Waals surface area contributed by atoms with Crippen molar-refractivity contribution < 1.29 is 35.5 Å². The van der Waals surface area contributed by atoms with Gasteiger partial charge in [0.05, 0.1) is 5.69 Å². The van der Waals surface area contributed by atoms with Crippen molar-refractivity contribution in [1.29, 1.82) is 0 Å². The average molecular weight is 468 g/mol. The zero-order valence-corrected chi connectivity index (χ0v) is 16.3. The normalized spacial score (nSPS) is 18.7. The molecular weight excluding hydrogens is 453 g/mol. The minimum atomic E-state index is -5.32. The molecule has 5 nitrogen and oxygen atoms in total. The number of nitrogens with one attached hydrogen (secondary N) is 1. The van der Waals surface area contributed by atoms with Gasteiger partial charge in [0, 0.05) is 31.3 Å². The lowest BCUT2D eigenvalue weighted by atomic mass is 9.95. The molecule has 1 amide bonds. The number of benzene rings is 1. The number of pyridine rings is 1. The van der Waals surface area contributed by atoms with Crippen molar-refractivity contribution in [3.63, 3.8) is 0 Å². The molecule has 2 aromatic rings. The predicted octanol–water partition coefficient (Wildman–Crippen LogP) is 4.59. The maximum Gasteiger partial charge on any atom is 0.421 e. The van der Waals surface area contributed by atoms with E-state index in [-0.39, 0.29) is 5.69 Å². The van der Waals surface area contributed by atoms with Gasteiger partial charge in [-0.2, -0.15) is 13.2 Å². The number of amides is 1. The number of anilines is 2. The number of rotatable bonds is 4. The first kappa shape index (κ1) is 23.1. The van der Waals surface area contributed by atoms with Gasteiger partial charge in [-0.1, -0.05) is 0 Å². The molecule has 1 aromatic carbocycles. The first-order valence-corrected chi connectivity index (χ1v) is 9.64. The lowest BCUT2D eigenvalue weighted by Gasteiger charge is -2.40. The van der Waals surface area contributed by atoms with Gasteiger partial charge in [0.25, 0.3) is 5.92 Å². The van der Waals surface area contributed by atoms with Crippen LogP contribution in [-0.4, -0.2) is 29.4 Å². The topological polar surface area (TPSA) is 71.2 Å². The Bertz CT molecular complexity index is 986. The summed E-state index contributed by atoms with van der Waals surface area (Å²) in [6.45, 7) is -0.681. The van der Waals surface area contributed by atoms with E-state index in [1.165, 1.54) is 18.3 Å². The third-order valence-electron chi connectivity index (χ3n) is 4.68. The van der Waals surface area contributed by atoms with Crippen LogP contribution in [0.15, 0.2) is 35.5 Å². The molecule has 31 heavy (non-hydrogen) atoms. The molecule has 1 fully saturated rings. The predicted molar refractivity (Wildman–Crippen MR) is 99.6 cm³/mol. The Morgan fingerprint density at radius 3 is 2.61 bits per heavy atom.